The Morgan fingerprint density at radius 3 is 2.56 bits per heavy atom. The molecular formula is C12H12ClF3N2. The van der Waals surface area contributed by atoms with E-state index in [1.54, 1.807) is 24.3 Å². The summed E-state index contributed by atoms with van der Waals surface area (Å²) < 4.78 is 39.6. The number of halogens is 4. The van der Waals surface area contributed by atoms with E-state index in [0.29, 0.717) is 10.5 Å². The zero-order valence-electron chi connectivity index (χ0n) is 9.41. The second-order valence-corrected chi connectivity index (χ2v) is 4.53. The monoisotopic (exact) mass is 276 g/mol. The Balaban J connectivity index is 2.37. The number of benzene rings is 1. The molecule has 0 aliphatic carbocycles. The maximum absolute atomic E-state index is 12.7. The smallest absolute Gasteiger partial charge is 0.345 e. The molecule has 2 aromatic rings. The summed E-state index contributed by atoms with van der Waals surface area (Å²) in [6, 6.07) is 7.08. The van der Waals surface area contributed by atoms with Gasteiger partial charge < -0.3 is 10.3 Å². The van der Waals surface area contributed by atoms with Crippen molar-refractivity contribution in [1.29, 1.82) is 0 Å². The number of nitrogens with two attached hydrogens (primary N) is 1. The lowest BCUT2D eigenvalue weighted by Crippen LogP contribution is -2.33. The number of rotatable bonds is 3. The van der Waals surface area contributed by atoms with Crippen molar-refractivity contribution in [3.8, 4) is 0 Å². The van der Waals surface area contributed by atoms with E-state index < -0.39 is 18.6 Å². The van der Waals surface area contributed by atoms with Crippen LogP contribution in [0, 0.1) is 5.92 Å². The van der Waals surface area contributed by atoms with Gasteiger partial charge in [-0.25, -0.2) is 0 Å². The van der Waals surface area contributed by atoms with Crippen LogP contribution in [0.25, 0.3) is 10.9 Å². The van der Waals surface area contributed by atoms with Crippen LogP contribution in [0.2, 0.25) is 5.02 Å². The summed E-state index contributed by atoms with van der Waals surface area (Å²) in [5.74, 6) is -1.57. The van der Waals surface area contributed by atoms with Crippen LogP contribution < -0.4 is 5.73 Å². The summed E-state index contributed by atoms with van der Waals surface area (Å²) in [4.78, 5) is 0. The number of para-hydroxylation sites is 1. The molecular weight excluding hydrogens is 265 g/mol. The molecule has 0 amide bonds. The average Bonchev–Trinajstić information content (AvgIpc) is 2.62. The van der Waals surface area contributed by atoms with Gasteiger partial charge in [-0.2, -0.15) is 13.2 Å². The van der Waals surface area contributed by atoms with E-state index in [1.165, 1.54) is 10.8 Å². The number of hydrogen-bond donors (Lipinski definition) is 1. The van der Waals surface area contributed by atoms with Crippen LogP contribution in [0.4, 0.5) is 13.2 Å². The van der Waals surface area contributed by atoms with Crippen molar-refractivity contribution >= 4 is 22.5 Å². The highest BCUT2D eigenvalue weighted by Crippen LogP contribution is 2.30. The minimum atomic E-state index is -4.30. The van der Waals surface area contributed by atoms with E-state index in [1.807, 2.05) is 0 Å². The molecule has 0 fully saturated rings. The summed E-state index contributed by atoms with van der Waals surface area (Å²) in [6.07, 6.45) is -2.78. The van der Waals surface area contributed by atoms with Crippen molar-refractivity contribution in [2.75, 3.05) is 6.54 Å². The third kappa shape index (κ3) is 2.47. The SMILES string of the molecule is NCC(Cn1cc(Cl)c2ccccc21)C(F)(F)F. The van der Waals surface area contributed by atoms with Crippen molar-refractivity contribution in [3.63, 3.8) is 0 Å². The molecule has 0 saturated heterocycles. The highest BCUT2D eigenvalue weighted by Gasteiger charge is 2.38. The predicted molar refractivity (Wildman–Crippen MR) is 65.5 cm³/mol. The molecule has 2 rings (SSSR count). The first-order valence-corrected chi connectivity index (χ1v) is 5.81. The highest BCUT2D eigenvalue weighted by atomic mass is 35.5. The lowest BCUT2D eigenvalue weighted by Gasteiger charge is -2.19. The number of alkyl halides is 3. The molecule has 0 saturated carbocycles. The van der Waals surface area contributed by atoms with Gasteiger partial charge in [0.1, 0.15) is 0 Å². The van der Waals surface area contributed by atoms with Crippen LogP contribution in [-0.2, 0) is 6.54 Å². The molecule has 1 atom stereocenters. The first kappa shape index (κ1) is 13.2. The summed E-state index contributed by atoms with van der Waals surface area (Å²) in [5.41, 5.74) is 5.88. The number of nitrogens with zero attached hydrogens (tertiary/aromatic N) is 1. The van der Waals surface area contributed by atoms with Gasteiger partial charge in [0, 0.05) is 30.2 Å². The van der Waals surface area contributed by atoms with Crippen LogP contribution in [0.15, 0.2) is 30.5 Å². The molecule has 18 heavy (non-hydrogen) atoms. The van der Waals surface area contributed by atoms with Gasteiger partial charge in [-0.3, -0.25) is 0 Å². The molecule has 1 heterocycles. The Morgan fingerprint density at radius 1 is 1.28 bits per heavy atom. The van der Waals surface area contributed by atoms with Crippen molar-refractivity contribution in [1.82, 2.24) is 4.57 Å². The molecule has 1 aromatic heterocycles. The van der Waals surface area contributed by atoms with Gasteiger partial charge in [-0.15, -0.1) is 0 Å². The van der Waals surface area contributed by atoms with Crippen molar-refractivity contribution in [2.24, 2.45) is 11.7 Å². The lowest BCUT2D eigenvalue weighted by atomic mass is 10.1. The van der Waals surface area contributed by atoms with E-state index >= 15 is 0 Å². The van der Waals surface area contributed by atoms with Gasteiger partial charge in [0.2, 0.25) is 0 Å². The average molecular weight is 277 g/mol. The largest absolute Gasteiger partial charge is 0.394 e. The number of hydrogen-bond acceptors (Lipinski definition) is 1. The Morgan fingerprint density at radius 2 is 1.94 bits per heavy atom. The van der Waals surface area contributed by atoms with Crippen LogP contribution in [0.3, 0.4) is 0 Å². The minimum absolute atomic E-state index is 0.215. The van der Waals surface area contributed by atoms with E-state index in [-0.39, 0.29) is 6.54 Å². The van der Waals surface area contributed by atoms with Gasteiger partial charge in [0.25, 0.3) is 0 Å². The van der Waals surface area contributed by atoms with Gasteiger partial charge in [0.15, 0.2) is 0 Å². The fourth-order valence-corrected chi connectivity index (χ4v) is 2.18. The van der Waals surface area contributed by atoms with Gasteiger partial charge >= 0.3 is 6.18 Å². The molecule has 0 aliphatic heterocycles. The molecule has 2 nitrogen and oxygen atoms in total. The maximum Gasteiger partial charge on any atom is 0.394 e. The predicted octanol–water partition coefficient (Wildman–Crippen LogP) is 3.43. The van der Waals surface area contributed by atoms with E-state index in [4.69, 9.17) is 17.3 Å². The quantitative estimate of drug-likeness (QED) is 0.915. The molecule has 98 valence electrons. The highest BCUT2D eigenvalue weighted by molar-refractivity contribution is 6.35. The van der Waals surface area contributed by atoms with E-state index in [0.717, 1.165) is 5.39 Å². The second kappa shape index (κ2) is 4.82. The van der Waals surface area contributed by atoms with Crippen molar-refractivity contribution < 1.29 is 13.2 Å². The summed E-state index contributed by atoms with van der Waals surface area (Å²) in [6.45, 7) is -0.652. The van der Waals surface area contributed by atoms with Gasteiger partial charge in [-0.05, 0) is 6.07 Å². The number of fused-ring (bicyclic) bond motifs is 1. The van der Waals surface area contributed by atoms with Gasteiger partial charge in [-0.1, -0.05) is 29.8 Å². The summed E-state index contributed by atoms with van der Waals surface area (Å²) >= 11 is 5.99. The summed E-state index contributed by atoms with van der Waals surface area (Å²) in [7, 11) is 0. The number of aromatic nitrogens is 1. The molecule has 2 N–H and O–H groups in total. The fourth-order valence-electron chi connectivity index (χ4n) is 1.90. The topological polar surface area (TPSA) is 30.9 Å². The Labute approximate surface area is 107 Å². The van der Waals surface area contributed by atoms with Crippen LogP contribution in [-0.4, -0.2) is 17.3 Å². The molecule has 0 spiro atoms. The van der Waals surface area contributed by atoms with E-state index in [9.17, 15) is 13.2 Å². The van der Waals surface area contributed by atoms with Crippen LogP contribution in [0.5, 0.6) is 0 Å². The second-order valence-electron chi connectivity index (χ2n) is 4.12. The van der Waals surface area contributed by atoms with Crippen LogP contribution in [0.1, 0.15) is 0 Å². The normalized spacial score (nSPS) is 14.1. The van der Waals surface area contributed by atoms with Crippen molar-refractivity contribution in [2.45, 2.75) is 12.7 Å². The first-order chi connectivity index (χ1) is 8.43. The van der Waals surface area contributed by atoms with Crippen LogP contribution >= 0.6 is 11.6 Å². The minimum Gasteiger partial charge on any atom is -0.345 e. The molecule has 0 aliphatic rings. The standard InChI is InChI=1S/C12H12ClF3N2/c13-10-7-18(6-8(5-17)12(14,15)16)11-4-2-1-3-9(10)11/h1-4,7-8H,5-6,17H2. The Bertz CT molecular complexity index is 548. The molecule has 1 aromatic carbocycles. The molecule has 1 unspecified atom stereocenters. The van der Waals surface area contributed by atoms with E-state index in [2.05, 4.69) is 0 Å². The van der Waals surface area contributed by atoms with Crippen molar-refractivity contribution in [3.05, 3.63) is 35.5 Å². The third-order valence-corrected chi connectivity index (χ3v) is 3.21. The van der Waals surface area contributed by atoms with Gasteiger partial charge in [0.05, 0.1) is 10.9 Å². The Kier molecular flexibility index (Phi) is 3.54. The maximum atomic E-state index is 12.7. The zero-order valence-corrected chi connectivity index (χ0v) is 10.2. The first-order valence-electron chi connectivity index (χ1n) is 5.43. The summed E-state index contributed by atoms with van der Waals surface area (Å²) in [5, 5.41) is 1.20. The zero-order chi connectivity index (χ0) is 13.3. The third-order valence-electron chi connectivity index (χ3n) is 2.90. The molecule has 6 heteroatoms. The fraction of sp³-hybridized carbons (Fsp3) is 0.333. The molecule has 0 bridgehead atoms. The molecule has 0 radical (unpaired) electrons. The Hall–Kier alpha value is -1.20. The lowest BCUT2D eigenvalue weighted by molar-refractivity contribution is -0.174.